The van der Waals surface area contributed by atoms with Crippen molar-refractivity contribution in [2.24, 2.45) is 0 Å². The third-order valence-corrected chi connectivity index (χ3v) is 3.33. The molecule has 2 N–H and O–H groups in total. The maximum Gasteiger partial charge on any atom is 0.193 e. The monoisotopic (exact) mass is 282 g/mol. The van der Waals surface area contributed by atoms with Gasteiger partial charge in [-0.1, -0.05) is 29.8 Å². The van der Waals surface area contributed by atoms with Gasteiger partial charge >= 0.3 is 0 Å². The fourth-order valence-corrected chi connectivity index (χ4v) is 2.46. The summed E-state index contributed by atoms with van der Waals surface area (Å²) in [5.74, 6) is -0.101. The van der Waals surface area contributed by atoms with Crippen LogP contribution in [0, 0.1) is 0 Å². The number of halogens is 1. The molecule has 0 fully saturated rings. The molecule has 0 unspecified atom stereocenters. The fraction of sp³-hybridized carbons (Fsp3) is 0. The predicted molar refractivity (Wildman–Crippen MR) is 81.0 cm³/mol. The quantitative estimate of drug-likeness (QED) is 0.576. The summed E-state index contributed by atoms with van der Waals surface area (Å²) in [5, 5.41) is 2.25. The van der Waals surface area contributed by atoms with E-state index in [0.29, 0.717) is 21.8 Å². The van der Waals surface area contributed by atoms with Crippen molar-refractivity contribution < 1.29 is 4.79 Å². The molecule has 0 bridgehead atoms. The molecule has 3 nitrogen and oxygen atoms in total. The van der Waals surface area contributed by atoms with Gasteiger partial charge in [-0.15, -0.1) is 0 Å². The van der Waals surface area contributed by atoms with Crippen molar-refractivity contribution in [3.05, 3.63) is 71.0 Å². The third-order valence-electron chi connectivity index (χ3n) is 3.11. The van der Waals surface area contributed by atoms with Crippen LogP contribution >= 0.6 is 11.6 Å². The van der Waals surface area contributed by atoms with Crippen LogP contribution in [-0.2, 0) is 0 Å². The number of hydrogen-bond donors (Lipinski definition) is 1. The van der Waals surface area contributed by atoms with E-state index in [4.69, 9.17) is 17.3 Å². The van der Waals surface area contributed by atoms with Crippen LogP contribution in [0.25, 0.3) is 10.8 Å². The summed E-state index contributed by atoms with van der Waals surface area (Å²) in [5.41, 5.74) is 7.32. The molecule has 0 aliphatic rings. The van der Waals surface area contributed by atoms with Crippen molar-refractivity contribution in [3.63, 3.8) is 0 Å². The van der Waals surface area contributed by atoms with Crippen molar-refractivity contribution >= 4 is 33.8 Å². The smallest absolute Gasteiger partial charge is 0.193 e. The van der Waals surface area contributed by atoms with Gasteiger partial charge in [0.05, 0.1) is 0 Å². The largest absolute Gasteiger partial charge is 0.399 e. The highest BCUT2D eigenvalue weighted by Crippen LogP contribution is 2.23. The van der Waals surface area contributed by atoms with E-state index >= 15 is 0 Å². The number of hydrogen-bond acceptors (Lipinski definition) is 3. The van der Waals surface area contributed by atoms with Crippen LogP contribution in [0.15, 0.2) is 54.9 Å². The third kappa shape index (κ3) is 2.24. The van der Waals surface area contributed by atoms with Gasteiger partial charge in [-0.25, -0.2) is 0 Å². The van der Waals surface area contributed by atoms with Crippen molar-refractivity contribution in [2.75, 3.05) is 5.73 Å². The fourth-order valence-electron chi connectivity index (χ4n) is 2.22. The van der Waals surface area contributed by atoms with Crippen LogP contribution in [0.1, 0.15) is 15.9 Å². The number of carbonyl (C=O) groups is 1. The zero-order valence-corrected chi connectivity index (χ0v) is 11.3. The van der Waals surface area contributed by atoms with Crippen molar-refractivity contribution in [3.8, 4) is 0 Å². The number of rotatable bonds is 2. The molecule has 4 heteroatoms. The normalized spacial score (nSPS) is 10.7. The molecule has 98 valence electrons. The highest BCUT2D eigenvalue weighted by molar-refractivity contribution is 6.31. The summed E-state index contributed by atoms with van der Waals surface area (Å²) >= 11 is 5.96. The first kappa shape index (κ1) is 12.6. The summed E-state index contributed by atoms with van der Waals surface area (Å²) < 4.78 is 0. The minimum atomic E-state index is -0.101. The number of fused-ring (bicyclic) bond motifs is 1. The molecule has 0 atom stereocenters. The van der Waals surface area contributed by atoms with Crippen LogP contribution in [0.2, 0.25) is 5.02 Å². The molecule has 0 saturated carbocycles. The van der Waals surface area contributed by atoms with Crippen molar-refractivity contribution in [2.45, 2.75) is 0 Å². The van der Waals surface area contributed by atoms with Gasteiger partial charge in [0, 0.05) is 39.6 Å². The molecule has 0 aliphatic heterocycles. The Balaban J connectivity index is 2.17. The summed E-state index contributed by atoms with van der Waals surface area (Å²) in [6.07, 6.45) is 3.41. The van der Waals surface area contributed by atoms with Crippen LogP contribution < -0.4 is 5.73 Å². The predicted octanol–water partition coefficient (Wildman–Crippen LogP) is 3.70. The first-order valence-corrected chi connectivity index (χ1v) is 6.46. The molecule has 0 spiro atoms. The van der Waals surface area contributed by atoms with Crippen LogP contribution in [0.4, 0.5) is 5.69 Å². The van der Waals surface area contributed by atoms with Gasteiger partial charge < -0.3 is 5.73 Å². The van der Waals surface area contributed by atoms with Gasteiger partial charge in [-0.05, 0) is 29.7 Å². The van der Waals surface area contributed by atoms with E-state index in [1.54, 1.807) is 36.7 Å². The van der Waals surface area contributed by atoms with Gasteiger partial charge in [0.15, 0.2) is 5.78 Å². The molecule has 1 heterocycles. The number of anilines is 1. The second-order valence-electron chi connectivity index (χ2n) is 4.50. The number of benzene rings is 2. The standard InChI is InChI=1S/C16H11ClN2O/c17-12-6-11(7-13(18)8-12)16(20)15-3-1-2-10-9-19-5-4-14(10)15/h1-9H,18H2. The van der Waals surface area contributed by atoms with E-state index in [2.05, 4.69) is 4.98 Å². The van der Waals surface area contributed by atoms with Gasteiger partial charge in [0.1, 0.15) is 0 Å². The number of pyridine rings is 1. The Morgan fingerprint density at radius 2 is 2.00 bits per heavy atom. The summed E-state index contributed by atoms with van der Waals surface area (Å²) in [4.78, 5) is 16.7. The number of nitrogens with zero attached hydrogens (tertiary/aromatic N) is 1. The number of carbonyl (C=O) groups excluding carboxylic acids is 1. The Bertz CT molecular complexity index is 789. The SMILES string of the molecule is Nc1cc(Cl)cc(C(=O)c2cccc3cnccc23)c1. The molecule has 2 aromatic carbocycles. The lowest BCUT2D eigenvalue weighted by Crippen LogP contribution is -2.03. The second-order valence-corrected chi connectivity index (χ2v) is 4.94. The number of ketones is 1. The molecular weight excluding hydrogens is 272 g/mol. The van der Waals surface area contributed by atoms with E-state index < -0.39 is 0 Å². The molecule has 0 saturated heterocycles. The Morgan fingerprint density at radius 3 is 2.80 bits per heavy atom. The zero-order chi connectivity index (χ0) is 14.1. The minimum Gasteiger partial charge on any atom is -0.399 e. The topological polar surface area (TPSA) is 56.0 Å². The highest BCUT2D eigenvalue weighted by atomic mass is 35.5. The lowest BCUT2D eigenvalue weighted by Gasteiger charge is -2.07. The lowest BCUT2D eigenvalue weighted by atomic mass is 9.98. The van der Waals surface area contributed by atoms with Crippen molar-refractivity contribution in [1.82, 2.24) is 4.98 Å². The molecule has 1 aromatic heterocycles. The van der Waals surface area contributed by atoms with E-state index in [1.807, 2.05) is 18.2 Å². The Hall–Kier alpha value is -2.39. The van der Waals surface area contributed by atoms with E-state index in [0.717, 1.165) is 10.8 Å². The maximum atomic E-state index is 12.6. The average Bonchev–Trinajstić information content (AvgIpc) is 2.45. The average molecular weight is 283 g/mol. The van der Waals surface area contributed by atoms with Gasteiger partial charge in [-0.3, -0.25) is 9.78 Å². The molecule has 0 aliphatic carbocycles. The summed E-state index contributed by atoms with van der Waals surface area (Å²) in [7, 11) is 0. The van der Waals surface area contributed by atoms with Crippen LogP contribution in [0.3, 0.4) is 0 Å². The molecule has 3 rings (SSSR count). The molecule has 0 amide bonds. The zero-order valence-electron chi connectivity index (χ0n) is 10.5. The van der Waals surface area contributed by atoms with Crippen molar-refractivity contribution in [1.29, 1.82) is 0 Å². The van der Waals surface area contributed by atoms with Gasteiger partial charge in [0.25, 0.3) is 0 Å². The lowest BCUT2D eigenvalue weighted by molar-refractivity contribution is 0.104. The van der Waals surface area contributed by atoms with Gasteiger partial charge in [0.2, 0.25) is 0 Å². The Kier molecular flexibility index (Phi) is 3.12. The van der Waals surface area contributed by atoms with E-state index in [1.165, 1.54) is 0 Å². The Labute approximate surface area is 121 Å². The summed E-state index contributed by atoms with van der Waals surface area (Å²) in [6, 6.07) is 12.3. The number of nitrogens with two attached hydrogens (primary N) is 1. The minimum absolute atomic E-state index is 0.101. The molecule has 20 heavy (non-hydrogen) atoms. The molecular formula is C16H11ClN2O. The van der Waals surface area contributed by atoms with E-state index in [9.17, 15) is 4.79 Å². The molecule has 3 aromatic rings. The van der Waals surface area contributed by atoms with Gasteiger partial charge in [-0.2, -0.15) is 0 Å². The summed E-state index contributed by atoms with van der Waals surface area (Å²) in [6.45, 7) is 0. The number of aromatic nitrogens is 1. The van der Waals surface area contributed by atoms with Crippen LogP contribution in [0.5, 0.6) is 0 Å². The van der Waals surface area contributed by atoms with Crippen LogP contribution in [-0.4, -0.2) is 10.8 Å². The molecule has 0 radical (unpaired) electrons. The number of nitrogen functional groups attached to an aromatic ring is 1. The first-order chi connectivity index (χ1) is 9.65. The maximum absolute atomic E-state index is 12.6. The second kappa shape index (κ2) is 4.94. The highest BCUT2D eigenvalue weighted by Gasteiger charge is 2.13. The van der Waals surface area contributed by atoms with E-state index in [-0.39, 0.29) is 5.78 Å². The first-order valence-electron chi connectivity index (χ1n) is 6.08. The Morgan fingerprint density at radius 1 is 1.15 bits per heavy atom.